The van der Waals surface area contributed by atoms with Crippen molar-refractivity contribution < 1.29 is 43.0 Å². The maximum atomic E-state index is 12.5. The zero-order valence-corrected chi connectivity index (χ0v) is 34.4. The Labute approximate surface area is 323 Å². The lowest BCUT2D eigenvalue weighted by molar-refractivity contribution is -0.153. The van der Waals surface area contributed by atoms with Gasteiger partial charge in [-0.1, -0.05) is 177 Å². The molecule has 0 saturated heterocycles. The highest BCUT2D eigenvalue weighted by molar-refractivity contribution is 7.47. The molecule has 0 amide bonds. The van der Waals surface area contributed by atoms with Gasteiger partial charge in [0.2, 0.25) is 0 Å². The molecule has 0 bridgehead atoms. The van der Waals surface area contributed by atoms with Crippen LogP contribution in [0.25, 0.3) is 0 Å². The zero-order valence-electron chi connectivity index (χ0n) is 33.5. The normalized spacial score (nSPS) is 14.7. The van der Waals surface area contributed by atoms with Gasteiger partial charge in [-0.05, 0) is 38.5 Å². The predicted octanol–water partition coefficient (Wildman–Crippen LogP) is 11.2. The van der Waals surface area contributed by atoms with Crippen LogP contribution in [0.1, 0.15) is 162 Å². The third kappa shape index (κ3) is 39.7. The fraction of sp³-hybridized carbons (Fsp3) is 0.744. The minimum atomic E-state index is -4.54. The van der Waals surface area contributed by atoms with Gasteiger partial charge in [-0.25, -0.2) is 4.57 Å². The van der Waals surface area contributed by atoms with Crippen molar-refractivity contribution in [2.75, 3.05) is 33.0 Å². The first-order chi connectivity index (χ1) is 25.8. The predicted molar refractivity (Wildman–Crippen MR) is 219 cm³/mol. The highest BCUT2D eigenvalue weighted by atomic mass is 31.2. The van der Waals surface area contributed by atoms with E-state index in [1.807, 2.05) is 12.2 Å². The molecule has 0 saturated carbocycles. The van der Waals surface area contributed by atoms with Gasteiger partial charge in [-0.2, -0.15) is 0 Å². The molecule has 0 aromatic rings. The minimum absolute atomic E-state index is 0.00945. The molecule has 3 N–H and O–H groups in total. The number of hydrogen-bond acceptors (Lipinski definition) is 8. The highest BCUT2D eigenvalue weighted by Gasteiger charge is 2.26. The Kier molecular flexibility index (Phi) is 38.5. The molecule has 0 aliphatic heterocycles. The van der Waals surface area contributed by atoms with E-state index in [1.54, 1.807) is 6.08 Å². The second-order valence-corrected chi connectivity index (χ2v) is 15.1. The second-order valence-electron chi connectivity index (χ2n) is 13.7. The second kappa shape index (κ2) is 39.8. The standard InChI is InChI=1S/C43H77O9P/c1-3-5-7-9-11-13-15-17-19-20-22-24-26-28-30-32-34-36-49-39-42(40-51-53(47,48)50-38-41(45)37-44)52-43(46)35-33-31-29-27-25-23-21-18-16-14-12-10-8-6-4-2/h6,8,12,14,18,21,25,27,31,33,41-42,44-45H,3-5,7,9-11,13,15-17,19-20,22-24,26,28-30,32,34-40H2,1-2H3,(H,47,48)/b8-6-,14-12-,21-18-,27-25-,33-31-. The summed E-state index contributed by atoms with van der Waals surface area (Å²) in [7, 11) is -4.54. The lowest BCUT2D eigenvalue weighted by atomic mass is 10.0. The molecule has 3 unspecified atom stereocenters. The van der Waals surface area contributed by atoms with Gasteiger partial charge in [-0.3, -0.25) is 13.8 Å². The average Bonchev–Trinajstić information content (AvgIpc) is 3.15. The Morgan fingerprint density at radius 3 is 1.45 bits per heavy atom. The molecule has 0 heterocycles. The van der Waals surface area contributed by atoms with Gasteiger partial charge in [0.15, 0.2) is 0 Å². The summed E-state index contributed by atoms with van der Waals surface area (Å²) < 4.78 is 33.2. The van der Waals surface area contributed by atoms with E-state index in [0.717, 1.165) is 44.9 Å². The summed E-state index contributed by atoms with van der Waals surface area (Å²) in [6.45, 7) is 3.27. The van der Waals surface area contributed by atoms with Gasteiger partial charge >= 0.3 is 13.8 Å². The third-order valence-corrected chi connectivity index (χ3v) is 9.45. The number of ether oxygens (including phenoxy) is 2. The van der Waals surface area contributed by atoms with E-state index in [1.165, 1.54) is 89.9 Å². The van der Waals surface area contributed by atoms with Gasteiger partial charge in [0.1, 0.15) is 12.2 Å². The molecule has 53 heavy (non-hydrogen) atoms. The van der Waals surface area contributed by atoms with Crippen LogP contribution in [0.3, 0.4) is 0 Å². The molecule has 0 radical (unpaired) electrons. The van der Waals surface area contributed by atoms with E-state index in [-0.39, 0.29) is 13.0 Å². The third-order valence-electron chi connectivity index (χ3n) is 8.50. The van der Waals surface area contributed by atoms with Gasteiger partial charge in [0, 0.05) is 6.61 Å². The largest absolute Gasteiger partial charge is 0.472 e. The lowest BCUT2D eigenvalue weighted by Gasteiger charge is -2.20. The van der Waals surface area contributed by atoms with Gasteiger partial charge in [0.25, 0.3) is 0 Å². The number of hydrogen-bond donors (Lipinski definition) is 3. The van der Waals surface area contributed by atoms with E-state index in [0.29, 0.717) is 13.0 Å². The molecule has 0 spiro atoms. The number of rotatable bonds is 39. The zero-order chi connectivity index (χ0) is 38.9. The van der Waals surface area contributed by atoms with Crippen LogP contribution in [0, 0.1) is 0 Å². The van der Waals surface area contributed by atoms with Crippen LogP contribution in [-0.4, -0.2) is 66.3 Å². The lowest BCUT2D eigenvalue weighted by Crippen LogP contribution is -2.28. The van der Waals surface area contributed by atoms with Crippen LogP contribution in [0.4, 0.5) is 0 Å². The number of aliphatic hydroxyl groups is 2. The van der Waals surface area contributed by atoms with Crippen LogP contribution in [-0.2, 0) is 27.9 Å². The van der Waals surface area contributed by atoms with E-state index >= 15 is 0 Å². The number of aliphatic hydroxyl groups excluding tert-OH is 2. The van der Waals surface area contributed by atoms with Crippen molar-refractivity contribution in [3.05, 3.63) is 60.8 Å². The highest BCUT2D eigenvalue weighted by Crippen LogP contribution is 2.43. The van der Waals surface area contributed by atoms with E-state index in [4.69, 9.17) is 23.6 Å². The minimum Gasteiger partial charge on any atom is -0.457 e. The molecule has 0 aliphatic carbocycles. The van der Waals surface area contributed by atoms with E-state index in [2.05, 4.69) is 56.4 Å². The molecule has 10 heteroatoms. The van der Waals surface area contributed by atoms with Gasteiger partial charge in [-0.15, -0.1) is 0 Å². The van der Waals surface area contributed by atoms with Crippen molar-refractivity contribution in [1.82, 2.24) is 0 Å². The molecular formula is C43H77O9P. The fourth-order valence-electron chi connectivity index (χ4n) is 5.37. The quantitative estimate of drug-likeness (QED) is 0.0242. The summed E-state index contributed by atoms with van der Waals surface area (Å²) in [5.74, 6) is -0.509. The Morgan fingerprint density at radius 2 is 1.00 bits per heavy atom. The van der Waals surface area contributed by atoms with Crippen LogP contribution >= 0.6 is 7.82 Å². The smallest absolute Gasteiger partial charge is 0.457 e. The molecular weight excluding hydrogens is 691 g/mol. The first-order valence-electron chi connectivity index (χ1n) is 20.8. The number of phosphoric ester groups is 1. The van der Waals surface area contributed by atoms with Crippen molar-refractivity contribution in [3.63, 3.8) is 0 Å². The van der Waals surface area contributed by atoms with Crippen molar-refractivity contribution >= 4 is 13.8 Å². The molecule has 0 rings (SSSR count). The van der Waals surface area contributed by atoms with Crippen molar-refractivity contribution in [3.8, 4) is 0 Å². The Bertz CT molecular complexity index is 1010. The van der Waals surface area contributed by atoms with Gasteiger partial charge < -0.3 is 24.6 Å². The van der Waals surface area contributed by atoms with Gasteiger partial charge in [0.05, 0.1) is 32.8 Å². The average molecular weight is 769 g/mol. The summed E-state index contributed by atoms with van der Waals surface area (Å²) in [5.41, 5.74) is 0. The molecule has 0 aromatic heterocycles. The number of carbonyl (C=O) groups excluding carboxylic acids is 1. The maximum Gasteiger partial charge on any atom is 0.472 e. The van der Waals surface area contributed by atoms with E-state index in [9.17, 15) is 19.4 Å². The first kappa shape index (κ1) is 51.2. The molecule has 0 fully saturated rings. The number of allylic oxidation sites excluding steroid dienone is 9. The Hall–Kier alpha value is -1.84. The SMILES string of the molecule is CC/C=C\C/C=C\C/C=C\C/C=C\C/C=C\CC(=O)OC(COCCCCCCCCCCCCCCCCCCC)COP(=O)(O)OCC(O)CO. The summed E-state index contributed by atoms with van der Waals surface area (Å²) >= 11 is 0. The van der Waals surface area contributed by atoms with Crippen LogP contribution in [0.5, 0.6) is 0 Å². The number of esters is 1. The number of unbranched alkanes of at least 4 members (excludes halogenated alkanes) is 16. The molecule has 3 atom stereocenters. The summed E-state index contributed by atoms with van der Waals surface area (Å²) in [6.07, 6.45) is 45.0. The van der Waals surface area contributed by atoms with Crippen molar-refractivity contribution in [2.24, 2.45) is 0 Å². The monoisotopic (exact) mass is 769 g/mol. The van der Waals surface area contributed by atoms with Crippen LogP contribution in [0.15, 0.2) is 60.8 Å². The molecule has 9 nitrogen and oxygen atoms in total. The summed E-state index contributed by atoms with van der Waals surface area (Å²) in [5, 5.41) is 18.3. The first-order valence-corrected chi connectivity index (χ1v) is 22.3. The van der Waals surface area contributed by atoms with E-state index < -0.39 is 45.8 Å². The number of carbonyl (C=O) groups is 1. The molecule has 0 aromatic carbocycles. The topological polar surface area (TPSA) is 132 Å². The maximum absolute atomic E-state index is 12.5. The van der Waals surface area contributed by atoms with Crippen LogP contribution in [0.2, 0.25) is 0 Å². The van der Waals surface area contributed by atoms with Crippen molar-refractivity contribution in [1.29, 1.82) is 0 Å². The fourth-order valence-corrected chi connectivity index (χ4v) is 6.16. The molecule has 308 valence electrons. The Balaban J connectivity index is 4.30. The Morgan fingerprint density at radius 1 is 0.585 bits per heavy atom. The summed E-state index contributed by atoms with van der Waals surface area (Å²) in [6, 6.07) is 0. The molecule has 0 aliphatic rings. The number of phosphoric acid groups is 1. The van der Waals surface area contributed by atoms with Crippen molar-refractivity contribution in [2.45, 2.75) is 174 Å². The summed E-state index contributed by atoms with van der Waals surface area (Å²) in [4.78, 5) is 22.5. The van der Waals surface area contributed by atoms with Crippen LogP contribution < -0.4 is 0 Å².